The molecule has 0 N–H and O–H groups in total. The quantitative estimate of drug-likeness (QED) is 0.616. The van der Waals surface area contributed by atoms with Gasteiger partial charge in [-0.15, -0.1) is 0 Å². The molecule has 1 heterocycles. The minimum atomic E-state index is -4.57. The predicted octanol–water partition coefficient (Wildman–Crippen LogP) is 4.47. The molecule has 0 unspecified atom stereocenters. The van der Waals surface area contributed by atoms with Gasteiger partial charge in [0.1, 0.15) is 17.6 Å². The molecule has 0 aliphatic rings. The Balaban J connectivity index is 2.11. The Labute approximate surface area is 117 Å². The average Bonchev–Trinajstić information content (AvgIpc) is 2.36. The lowest BCUT2D eigenvalue weighted by Gasteiger charge is -2.10. The zero-order valence-electron chi connectivity index (χ0n) is 9.92. The highest BCUT2D eigenvalue weighted by atomic mass is 35.5. The van der Waals surface area contributed by atoms with Crippen LogP contribution in [0.15, 0.2) is 36.4 Å². The molecule has 106 valence electrons. The van der Waals surface area contributed by atoms with E-state index in [2.05, 4.69) is 4.98 Å². The van der Waals surface area contributed by atoms with Gasteiger partial charge in [0.05, 0.1) is 5.56 Å². The predicted molar refractivity (Wildman–Crippen MR) is 65.0 cm³/mol. The second-order valence-electron chi connectivity index (χ2n) is 3.89. The summed E-state index contributed by atoms with van der Waals surface area (Å²) in [5.74, 6) is -0.821. The van der Waals surface area contributed by atoms with Crippen LogP contribution in [0.3, 0.4) is 0 Å². The lowest BCUT2D eigenvalue weighted by molar-refractivity contribution is -0.137. The number of halogens is 5. The van der Waals surface area contributed by atoms with E-state index in [0.29, 0.717) is 6.07 Å². The van der Waals surface area contributed by atoms with Crippen molar-refractivity contribution in [3.8, 4) is 5.88 Å². The number of aromatic nitrogens is 1. The van der Waals surface area contributed by atoms with Crippen LogP contribution in [0.2, 0.25) is 5.15 Å². The first-order chi connectivity index (χ1) is 9.36. The lowest BCUT2D eigenvalue weighted by Crippen LogP contribution is -2.07. The summed E-state index contributed by atoms with van der Waals surface area (Å²) in [7, 11) is 0. The van der Waals surface area contributed by atoms with Gasteiger partial charge >= 0.3 is 6.18 Å². The van der Waals surface area contributed by atoms with Gasteiger partial charge in [0, 0.05) is 11.6 Å². The number of alkyl halides is 3. The molecule has 0 amide bonds. The zero-order chi connectivity index (χ0) is 14.8. The van der Waals surface area contributed by atoms with Gasteiger partial charge in [-0.3, -0.25) is 0 Å². The summed E-state index contributed by atoms with van der Waals surface area (Å²) >= 11 is 5.64. The third kappa shape index (κ3) is 3.60. The smallest absolute Gasteiger partial charge is 0.416 e. The van der Waals surface area contributed by atoms with E-state index in [1.165, 1.54) is 12.1 Å². The standard InChI is InChI=1S/C13H8ClF4NO/c14-11-2-1-3-12(19-11)20-7-8-4-5-9(6-10(8)15)13(16,17)18/h1-6H,7H2. The summed E-state index contributed by atoms with van der Waals surface area (Å²) in [6.45, 7) is -0.239. The largest absolute Gasteiger partial charge is 0.473 e. The Hall–Kier alpha value is -1.82. The first-order valence-corrected chi connectivity index (χ1v) is 5.85. The molecule has 0 saturated carbocycles. The van der Waals surface area contributed by atoms with E-state index >= 15 is 0 Å². The third-order valence-electron chi connectivity index (χ3n) is 2.45. The van der Waals surface area contributed by atoms with Crippen molar-refractivity contribution in [3.05, 3.63) is 58.5 Å². The van der Waals surface area contributed by atoms with E-state index in [-0.39, 0.29) is 23.2 Å². The number of hydrogen-bond donors (Lipinski definition) is 0. The number of hydrogen-bond acceptors (Lipinski definition) is 2. The molecule has 0 saturated heterocycles. The van der Waals surface area contributed by atoms with E-state index in [0.717, 1.165) is 12.1 Å². The minimum absolute atomic E-state index is 0.000208. The van der Waals surface area contributed by atoms with Gasteiger partial charge in [-0.2, -0.15) is 13.2 Å². The Kier molecular flexibility index (Phi) is 4.13. The molecule has 2 nitrogen and oxygen atoms in total. The maximum absolute atomic E-state index is 13.5. The fraction of sp³-hybridized carbons (Fsp3) is 0.154. The van der Waals surface area contributed by atoms with Crippen LogP contribution < -0.4 is 4.74 Å². The van der Waals surface area contributed by atoms with Crippen LogP contribution in [0.1, 0.15) is 11.1 Å². The highest BCUT2D eigenvalue weighted by Gasteiger charge is 2.31. The van der Waals surface area contributed by atoms with Crippen LogP contribution in [0.5, 0.6) is 5.88 Å². The molecule has 7 heteroatoms. The van der Waals surface area contributed by atoms with Gasteiger partial charge < -0.3 is 4.74 Å². The maximum atomic E-state index is 13.5. The first kappa shape index (κ1) is 14.6. The number of benzene rings is 1. The van der Waals surface area contributed by atoms with Gasteiger partial charge in [0.15, 0.2) is 0 Å². The van der Waals surface area contributed by atoms with Crippen LogP contribution in [0.4, 0.5) is 17.6 Å². The summed E-state index contributed by atoms with van der Waals surface area (Å²) in [5, 5.41) is 0.204. The van der Waals surface area contributed by atoms with E-state index in [1.54, 1.807) is 6.07 Å². The summed E-state index contributed by atoms with van der Waals surface area (Å²) in [4.78, 5) is 3.82. The van der Waals surface area contributed by atoms with Crippen LogP contribution in [0.25, 0.3) is 0 Å². The van der Waals surface area contributed by atoms with Crippen molar-refractivity contribution in [1.29, 1.82) is 0 Å². The van der Waals surface area contributed by atoms with Crippen LogP contribution >= 0.6 is 11.6 Å². The fourth-order valence-corrected chi connectivity index (χ4v) is 1.62. The van der Waals surface area contributed by atoms with Crippen molar-refractivity contribution in [2.45, 2.75) is 12.8 Å². The summed E-state index contributed by atoms with van der Waals surface area (Å²) in [6, 6.07) is 6.90. The number of nitrogens with zero attached hydrogens (tertiary/aromatic N) is 1. The molecular formula is C13H8ClF4NO. The van der Waals surface area contributed by atoms with Crippen molar-refractivity contribution < 1.29 is 22.3 Å². The van der Waals surface area contributed by atoms with Gasteiger partial charge in [-0.1, -0.05) is 23.7 Å². The SMILES string of the molecule is Fc1cc(C(F)(F)F)ccc1COc1cccc(Cl)n1. The van der Waals surface area contributed by atoms with Crippen LogP contribution in [-0.2, 0) is 12.8 Å². The lowest BCUT2D eigenvalue weighted by atomic mass is 10.1. The van der Waals surface area contributed by atoms with Crippen molar-refractivity contribution in [2.24, 2.45) is 0 Å². The van der Waals surface area contributed by atoms with E-state index in [9.17, 15) is 17.6 Å². The molecular weight excluding hydrogens is 298 g/mol. The van der Waals surface area contributed by atoms with Crippen molar-refractivity contribution in [3.63, 3.8) is 0 Å². The summed E-state index contributed by atoms with van der Waals surface area (Å²) < 4.78 is 55.8. The molecule has 2 rings (SSSR count). The number of ether oxygens (including phenoxy) is 1. The van der Waals surface area contributed by atoms with Crippen LogP contribution in [0, 0.1) is 5.82 Å². The van der Waals surface area contributed by atoms with Crippen molar-refractivity contribution in [2.75, 3.05) is 0 Å². The monoisotopic (exact) mass is 305 g/mol. The number of pyridine rings is 1. The number of rotatable bonds is 3. The molecule has 0 bridgehead atoms. The average molecular weight is 306 g/mol. The minimum Gasteiger partial charge on any atom is -0.473 e. The second kappa shape index (κ2) is 5.66. The molecule has 0 spiro atoms. The van der Waals surface area contributed by atoms with E-state index in [1.807, 2.05) is 0 Å². The fourth-order valence-electron chi connectivity index (χ4n) is 1.46. The molecule has 0 fully saturated rings. The summed E-state index contributed by atoms with van der Waals surface area (Å²) in [6.07, 6.45) is -4.57. The molecule has 1 aromatic carbocycles. The Morgan fingerprint density at radius 3 is 2.50 bits per heavy atom. The van der Waals surface area contributed by atoms with Gasteiger partial charge in [0.25, 0.3) is 0 Å². The zero-order valence-corrected chi connectivity index (χ0v) is 10.7. The topological polar surface area (TPSA) is 22.1 Å². The first-order valence-electron chi connectivity index (χ1n) is 5.47. The van der Waals surface area contributed by atoms with Gasteiger partial charge in [0.2, 0.25) is 5.88 Å². The van der Waals surface area contributed by atoms with E-state index in [4.69, 9.17) is 16.3 Å². The molecule has 1 aromatic heterocycles. The van der Waals surface area contributed by atoms with Gasteiger partial charge in [-0.05, 0) is 18.2 Å². The molecule has 0 aliphatic carbocycles. The molecule has 20 heavy (non-hydrogen) atoms. The highest BCUT2D eigenvalue weighted by Crippen LogP contribution is 2.30. The third-order valence-corrected chi connectivity index (χ3v) is 2.66. The van der Waals surface area contributed by atoms with Crippen molar-refractivity contribution >= 4 is 11.6 Å². The van der Waals surface area contributed by atoms with Crippen molar-refractivity contribution in [1.82, 2.24) is 4.98 Å². The molecule has 0 aliphatic heterocycles. The van der Waals surface area contributed by atoms with Gasteiger partial charge in [-0.25, -0.2) is 9.37 Å². The van der Waals surface area contributed by atoms with Crippen LogP contribution in [-0.4, -0.2) is 4.98 Å². The van der Waals surface area contributed by atoms with E-state index < -0.39 is 17.6 Å². The Bertz CT molecular complexity index is 616. The molecule has 0 atom stereocenters. The Morgan fingerprint density at radius 2 is 1.90 bits per heavy atom. The maximum Gasteiger partial charge on any atom is 0.416 e. The highest BCUT2D eigenvalue weighted by molar-refractivity contribution is 6.29. The molecule has 2 aromatic rings. The Morgan fingerprint density at radius 1 is 1.15 bits per heavy atom. The molecule has 0 radical (unpaired) electrons. The summed E-state index contributed by atoms with van der Waals surface area (Å²) in [5.41, 5.74) is -1.04. The second-order valence-corrected chi connectivity index (χ2v) is 4.28. The normalized spacial score (nSPS) is 11.4.